The van der Waals surface area contributed by atoms with Gasteiger partial charge in [-0.05, 0) is 25.1 Å². The van der Waals surface area contributed by atoms with E-state index in [0.717, 1.165) is 4.47 Å². The fraction of sp³-hybridized carbons (Fsp3) is 0.167. The van der Waals surface area contributed by atoms with Gasteiger partial charge in [-0.2, -0.15) is 4.98 Å². The molecule has 3 heterocycles. The molecule has 0 saturated heterocycles. The Hall–Kier alpha value is -3.18. The number of imidazole rings is 1. The minimum absolute atomic E-state index is 0.0783. The van der Waals surface area contributed by atoms with E-state index in [1.807, 2.05) is 6.07 Å². The molecule has 30 heavy (non-hydrogen) atoms. The number of aromatic hydroxyl groups is 1. The van der Waals surface area contributed by atoms with Crippen molar-refractivity contribution in [2.24, 2.45) is 17.3 Å². The molecule has 0 aliphatic heterocycles. The van der Waals surface area contributed by atoms with Crippen molar-refractivity contribution in [1.82, 2.24) is 24.1 Å². The molecule has 0 spiro atoms. The minimum atomic E-state index is -0.596. The highest BCUT2D eigenvalue weighted by Crippen LogP contribution is 2.37. The molecule has 0 radical (unpaired) electrons. The van der Waals surface area contributed by atoms with E-state index >= 15 is 0 Å². The number of allylic oxidation sites excluding steroid dienone is 2. The van der Waals surface area contributed by atoms with Crippen molar-refractivity contribution in [2.45, 2.75) is 13.5 Å². The second kappa shape index (κ2) is 7.58. The largest absolute Gasteiger partial charge is 0.493 e. The van der Waals surface area contributed by atoms with E-state index in [1.54, 1.807) is 25.1 Å². The second-order valence-electron chi connectivity index (χ2n) is 6.52. The van der Waals surface area contributed by atoms with Gasteiger partial charge in [-0.15, -0.1) is 10.2 Å². The number of azo groups is 1. The molecule has 0 aliphatic carbocycles. The third-order valence-electron chi connectivity index (χ3n) is 4.50. The number of nitrogens with zero attached hydrogens (tertiary/aromatic N) is 5. The summed E-state index contributed by atoms with van der Waals surface area (Å²) in [6.45, 7) is 1.89. The Morgan fingerprint density at radius 1 is 1.33 bits per heavy atom. The molecule has 12 heteroatoms. The maximum Gasteiger partial charge on any atom is 0.329 e. The van der Waals surface area contributed by atoms with Gasteiger partial charge in [-0.3, -0.25) is 18.9 Å². The van der Waals surface area contributed by atoms with Crippen molar-refractivity contribution >= 4 is 61.2 Å². The molecule has 0 unspecified atom stereocenters. The first-order chi connectivity index (χ1) is 14.3. The van der Waals surface area contributed by atoms with Crippen LogP contribution in [0.1, 0.15) is 6.92 Å². The Balaban J connectivity index is 1.93. The topological polar surface area (TPSA) is 133 Å². The fourth-order valence-corrected chi connectivity index (χ4v) is 3.45. The van der Waals surface area contributed by atoms with Crippen LogP contribution in [0.15, 0.2) is 53.6 Å². The number of benzene rings is 1. The standard InChI is InChI=1S/C18H15BrClN7O3/c1-8(20)5-6-27-13-14(26(2)18(30)23-16(13)29)22-17(27)25-24-12-10-7-9(19)3-4-11(10)21-15(12)28/h3-5,7,21,28H,6H2,1-2H3,(H,23,29,30)/b8-5-,25-24?. The highest BCUT2D eigenvalue weighted by molar-refractivity contribution is 9.10. The highest BCUT2D eigenvalue weighted by Gasteiger charge is 2.17. The van der Waals surface area contributed by atoms with Crippen LogP contribution in [0, 0.1) is 0 Å². The average molecular weight is 493 g/mol. The summed E-state index contributed by atoms with van der Waals surface area (Å²) in [5.74, 6) is -0.0779. The predicted molar refractivity (Wildman–Crippen MR) is 117 cm³/mol. The predicted octanol–water partition coefficient (Wildman–Crippen LogP) is 3.93. The van der Waals surface area contributed by atoms with Gasteiger partial charge in [-0.1, -0.05) is 33.6 Å². The van der Waals surface area contributed by atoms with Crippen LogP contribution in [0.25, 0.3) is 22.1 Å². The van der Waals surface area contributed by atoms with Gasteiger partial charge in [-0.25, -0.2) is 4.79 Å². The number of aromatic amines is 2. The average Bonchev–Trinajstić information content (AvgIpc) is 3.20. The SMILES string of the molecule is C/C(Cl)=C/Cn1c(N=Nc2c(O)[nH]c3ccc(Br)cc23)nc2c1c(=O)[nH]c(=O)n2C. The number of halogens is 2. The Morgan fingerprint density at radius 3 is 2.83 bits per heavy atom. The van der Waals surface area contributed by atoms with Crippen molar-refractivity contribution in [3.63, 3.8) is 0 Å². The lowest BCUT2D eigenvalue weighted by Gasteiger charge is -2.02. The van der Waals surface area contributed by atoms with Gasteiger partial charge in [0.05, 0.1) is 5.52 Å². The number of hydrogen-bond acceptors (Lipinski definition) is 6. The summed E-state index contributed by atoms with van der Waals surface area (Å²) >= 11 is 9.33. The molecule has 0 bridgehead atoms. The first kappa shape index (κ1) is 20.1. The van der Waals surface area contributed by atoms with Gasteiger partial charge in [0.15, 0.2) is 16.9 Å². The molecule has 0 amide bonds. The first-order valence-corrected chi connectivity index (χ1v) is 9.87. The Bertz CT molecular complexity index is 1470. The molecule has 3 N–H and O–H groups in total. The summed E-state index contributed by atoms with van der Waals surface area (Å²) in [5, 5.41) is 19.7. The van der Waals surface area contributed by atoms with Crippen molar-refractivity contribution in [2.75, 3.05) is 0 Å². The zero-order valence-electron chi connectivity index (χ0n) is 15.8. The second-order valence-corrected chi connectivity index (χ2v) is 8.03. The van der Waals surface area contributed by atoms with Gasteiger partial charge in [0.25, 0.3) is 11.5 Å². The fourth-order valence-electron chi connectivity index (χ4n) is 3.02. The van der Waals surface area contributed by atoms with Crippen LogP contribution in [0.2, 0.25) is 0 Å². The molecular weight excluding hydrogens is 478 g/mol. The number of rotatable bonds is 4. The van der Waals surface area contributed by atoms with Crippen LogP contribution in [-0.4, -0.2) is 29.2 Å². The van der Waals surface area contributed by atoms with Gasteiger partial charge >= 0.3 is 5.69 Å². The summed E-state index contributed by atoms with van der Waals surface area (Å²) in [5.41, 5.74) is 0.0233. The highest BCUT2D eigenvalue weighted by atomic mass is 79.9. The molecule has 0 aliphatic rings. The number of nitrogens with one attached hydrogen (secondary N) is 2. The number of fused-ring (bicyclic) bond motifs is 2. The smallest absolute Gasteiger partial charge is 0.329 e. The molecule has 10 nitrogen and oxygen atoms in total. The number of aryl methyl sites for hydroxylation is 1. The molecule has 1 aromatic carbocycles. The van der Waals surface area contributed by atoms with Gasteiger partial charge in [0.1, 0.15) is 0 Å². The molecule has 3 aromatic heterocycles. The van der Waals surface area contributed by atoms with Gasteiger partial charge in [0, 0.05) is 28.5 Å². The molecule has 0 saturated carbocycles. The van der Waals surface area contributed by atoms with E-state index in [2.05, 4.69) is 41.1 Å². The van der Waals surface area contributed by atoms with E-state index in [0.29, 0.717) is 15.9 Å². The summed E-state index contributed by atoms with van der Waals surface area (Å²) in [6, 6.07) is 5.40. The van der Waals surface area contributed by atoms with Gasteiger partial charge in [0.2, 0.25) is 5.88 Å². The Morgan fingerprint density at radius 2 is 2.10 bits per heavy atom. The third kappa shape index (κ3) is 3.46. The lowest BCUT2D eigenvalue weighted by molar-refractivity contribution is 0.459. The zero-order chi connectivity index (χ0) is 21.6. The van der Waals surface area contributed by atoms with Crippen LogP contribution in [-0.2, 0) is 13.6 Å². The van der Waals surface area contributed by atoms with Crippen LogP contribution in [0.3, 0.4) is 0 Å². The van der Waals surface area contributed by atoms with Crippen LogP contribution < -0.4 is 11.2 Å². The van der Waals surface area contributed by atoms with E-state index in [4.69, 9.17) is 11.6 Å². The van der Waals surface area contributed by atoms with Gasteiger partial charge < -0.3 is 10.1 Å². The number of aromatic nitrogens is 5. The summed E-state index contributed by atoms with van der Waals surface area (Å²) < 4.78 is 3.51. The Labute approximate surface area is 181 Å². The van der Waals surface area contributed by atoms with Crippen LogP contribution in [0.5, 0.6) is 5.88 Å². The maximum absolute atomic E-state index is 12.4. The lowest BCUT2D eigenvalue weighted by Crippen LogP contribution is -2.29. The summed E-state index contributed by atoms with van der Waals surface area (Å²) in [7, 11) is 1.49. The summed E-state index contributed by atoms with van der Waals surface area (Å²) in [4.78, 5) is 33.7. The molecule has 0 fully saturated rings. The van der Waals surface area contributed by atoms with Crippen molar-refractivity contribution in [3.8, 4) is 5.88 Å². The molecule has 4 aromatic rings. The normalized spacial score (nSPS) is 12.6. The van der Waals surface area contributed by atoms with Crippen molar-refractivity contribution in [3.05, 3.63) is 54.6 Å². The van der Waals surface area contributed by atoms with E-state index in [1.165, 1.54) is 16.2 Å². The van der Waals surface area contributed by atoms with Crippen molar-refractivity contribution < 1.29 is 5.11 Å². The first-order valence-electron chi connectivity index (χ1n) is 8.70. The molecule has 0 atom stereocenters. The minimum Gasteiger partial charge on any atom is -0.493 e. The Kier molecular flexibility index (Phi) is 5.08. The van der Waals surface area contributed by atoms with E-state index in [9.17, 15) is 14.7 Å². The van der Waals surface area contributed by atoms with Crippen molar-refractivity contribution in [1.29, 1.82) is 0 Å². The lowest BCUT2D eigenvalue weighted by atomic mass is 10.2. The van der Waals surface area contributed by atoms with E-state index < -0.39 is 11.2 Å². The summed E-state index contributed by atoms with van der Waals surface area (Å²) in [6.07, 6.45) is 1.67. The molecule has 4 rings (SSSR count). The number of H-pyrrole nitrogens is 2. The quantitative estimate of drug-likeness (QED) is 0.372. The molecule has 154 valence electrons. The molecular formula is C18H15BrClN7O3. The monoisotopic (exact) mass is 491 g/mol. The maximum atomic E-state index is 12.4. The zero-order valence-corrected chi connectivity index (χ0v) is 18.1. The van der Waals surface area contributed by atoms with Crippen LogP contribution in [0.4, 0.5) is 11.6 Å². The number of hydrogen-bond donors (Lipinski definition) is 3. The third-order valence-corrected chi connectivity index (χ3v) is 5.14. The van der Waals surface area contributed by atoms with Crippen LogP contribution >= 0.6 is 27.5 Å². The van der Waals surface area contributed by atoms with E-state index in [-0.39, 0.29) is 35.2 Å².